The summed E-state index contributed by atoms with van der Waals surface area (Å²) in [7, 11) is 0. The van der Waals surface area contributed by atoms with Crippen LogP contribution in [0.4, 0.5) is 5.88 Å². The van der Waals surface area contributed by atoms with E-state index in [1.807, 2.05) is 36.4 Å². The number of anilines is 1. The average molecular weight is 330 g/mol. The zero-order chi connectivity index (χ0) is 17.4. The zero-order valence-corrected chi connectivity index (χ0v) is 13.1. The second kappa shape index (κ2) is 5.73. The smallest absolute Gasteiger partial charge is 0.235 e. The van der Waals surface area contributed by atoms with Crippen LogP contribution in [-0.4, -0.2) is 10.3 Å². The lowest BCUT2D eigenvalue weighted by Crippen LogP contribution is -2.22. The normalized spacial score (nSPS) is 16.0. The molecular formula is C19H14N4O2. The number of rotatable bonds is 2. The summed E-state index contributed by atoms with van der Waals surface area (Å²) in [5, 5.41) is 26.5. The molecule has 2 aromatic carbocycles. The van der Waals surface area contributed by atoms with Crippen LogP contribution in [0.5, 0.6) is 5.75 Å². The largest absolute Gasteiger partial charge is 0.508 e. The van der Waals surface area contributed by atoms with Crippen LogP contribution in [0.25, 0.3) is 11.3 Å². The van der Waals surface area contributed by atoms with Crippen molar-refractivity contribution in [2.24, 2.45) is 5.73 Å². The second-order valence-corrected chi connectivity index (χ2v) is 5.73. The first-order valence-electron chi connectivity index (χ1n) is 7.69. The van der Waals surface area contributed by atoms with Crippen LogP contribution in [0.1, 0.15) is 17.0 Å². The predicted molar refractivity (Wildman–Crippen MR) is 92.3 cm³/mol. The fourth-order valence-electron chi connectivity index (χ4n) is 3.11. The molecule has 0 bridgehead atoms. The Hall–Kier alpha value is -3.72. The lowest BCUT2D eigenvalue weighted by atomic mass is 9.82. The van der Waals surface area contributed by atoms with Crippen LogP contribution in [-0.2, 0) is 0 Å². The van der Waals surface area contributed by atoms with Crippen LogP contribution in [0, 0.1) is 11.3 Å². The minimum Gasteiger partial charge on any atom is -0.508 e. The number of hydrogen-bond acceptors (Lipinski definition) is 6. The standard InChI is InChI=1S/C19H14N4O2/c20-10-14-15(11-5-2-1-3-6-11)16-17(12-7-4-8-13(24)9-12)23-25-19(16)22-18(14)21/h1-9,15,22,24H,21H2/t15-/m1/s1. The van der Waals surface area contributed by atoms with Gasteiger partial charge in [0, 0.05) is 5.56 Å². The van der Waals surface area contributed by atoms with Crippen LogP contribution < -0.4 is 11.1 Å². The third kappa shape index (κ3) is 2.39. The van der Waals surface area contributed by atoms with Crippen molar-refractivity contribution in [3.8, 4) is 23.1 Å². The van der Waals surface area contributed by atoms with Gasteiger partial charge in [-0.05, 0) is 17.7 Å². The van der Waals surface area contributed by atoms with E-state index in [0.29, 0.717) is 22.7 Å². The van der Waals surface area contributed by atoms with Crippen LogP contribution >= 0.6 is 0 Å². The Balaban J connectivity index is 1.96. The van der Waals surface area contributed by atoms with Crippen molar-refractivity contribution in [3.63, 3.8) is 0 Å². The number of benzene rings is 2. The van der Waals surface area contributed by atoms with Crippen molar-refractivity contribution in [2.45, 2.75) is 5.92 Å². The molecule has 1 aliphatic heterocycles. The number of nitrogens with two attached hydrogens (primary N) is 1. The summed E-state index contributed by atoms with van der Waals surface area (Å²) < 4.78 is 5.43. The Morgan fingerprint density at radius 2 is 1.96 bits per heavy atom. The lowest BCUT2D eigenvalue weighted by molar-refractivity contribution is 0.435. The molecule has 0 fully saturated rings. The van der Waals surface area contributed by atoms with Crippen molar-refractivity contribution in [2.75, 3.05) is 5.32 Å². The summed E-state index contributed by atoms with van der Waals surface area (Å²) in [4.78, 5) is 0. The maximum atomic E-state index is 9.78. The van der Waals surface area contributed by atoms with Gasteiger partial charge < -0.3 is 20.7 Å². The summed E-state index contributed by atoms with van der Waals surface area (Å²) in [6, 6.07) is 18.5. The third-order valence-electron chi connectivity index (χ3n) is 4.22. The highest BCUT2D eigenvalue weighted by molar-refractivity contribution is 5.75. The van der Waals surface area contributed by atoms with E-state index in [2.05, 4.69) is 16.5 Å². The second-order valence-electron chi connectivity index (χ2n) is 5.73. The van der Waals surface area contributed by atoms with E-state index >= 15 is 0 Å². The molecule has 4 N–H and O–H groups in total. The minimum absolute atomic E-state index is 0.129. The summed E-state index contributed by atoms with van der Waals surface area (Å²) in [5.74, 6) is 0.391. The molecule has 1 aromatic heterocycles. The maximum Gasteiger partial charge on any atom is 0.235 e. The molecule has 3 aromatic rings. The molecule has 25 heavy (non-hydrogen) atoms. The van der Waals surface area contributed by atoms with Gasteiger partial charge in [-0.2, -0.15) is 5.26 Å². The molecule has 0 saturated heterocycles. The molecule has 2 heterocycles. The molecule has 0 spiro atoms. The number of hydrogen-bond donors (Lipinski definition) is 3. The number of fused-ring (bicyclic) bond motifs is 1. The fraction of sp³-hybridized carbons (Fsp3) is 0.0526. The summed E-state index contributed by atoms with van der Waals surface area (Å²) in [6.45, 7) is 0. The molecule has 0 unspecified atom stereocenters. The highest BCUT2D eigenvalue weighted by Gasteiger charge is 2.35. The molecule has 6 nitrogen and oxygen atoms in total. The van der Waals surface area contributed by atoms with Gasteiger partial charge in [-0.25, -0.2) is 0 Å². The number of phenols is 1. The van der Waals surface area contributed by atoms with Gasteiger partial charge in [0.15, 0.2) is 0 Å². The van der Waals surface area contributed by atoms with Gasteiger partial charge in [-0.3, -0.25) is 0 Å². The number of phenolic OH excluding ortho intramolecular Hbond substituents is 1. The molecule has 6 heteroatoms. The Morgan fingerprint density at radius 3 is 2.68 bits per heavy atom. The first-order valence-corrected chi connectivity index (χ1v) is 7.69. The number of aromatic nitrogens is 1. The van der Waals surface area contributed by atoms with Gasteiger partial charge in [-0.1, -0.05) is 47.6 Å². The summed E-state index contributed by atoms with van der Waals surface area (Å²) in [5.41, 5.74) is 9.33. The number of nitrogens with zero attached hydrogens (tertiary/aromatic N) is 2. The molecule has 122 valence electrons. The molecule has 1 atom stereocenters. The predicted octanol–water partition coefficient (Wildman–Crippen LogP) is 3.30. The van der Waals surface area contributed by atoms with Gasteiger partial charge >= 0.3 is 0 Å². The monoisotopic (exact) mass is 330 g/mol. The highest BCUT2D eigenvalue weighted by Crippen LogP contribution is 2.45. The minimum atomic E-state index is -0.397. The molecule has 0 amide bonds. The molecule has 0 aliphatic carbocycles. The molecular weight excluding hydrogens is 316 g/mol. The molecule has 0 radical (unpaired) electrons. The molecule has 4 rings (SSSR count). The SMILES string of the molecule is N#CC1=C(N)Nc2onc(-c3cccc(O)c3)c2[C@@H]1c1ccccc1. The topological polar surface area (TPSA) is 108 Å². The van der Waals surface area contributed by atoms with Crippen molar-refractivity contribution < 1.29 is 9.63 Å². The zero-order valence-electron chi connectivity index (χ0n) is 13.1. The van der Waals surface area contributed by atoms with E-state index in [4.69, 9.17) is 10.3 Å². The van der Waals surface area contributed by atoms with Gasteiger partial charge in [-0.15, -0.1) is 0 Å². The Bertz CT molecular complexity index is 1020. The summed E-state index contributed by atoms with van der Waals surface area (Å²) >= 11 is 0. The average Bonchev–Trinajstić information content (AvgIpc) is 3.04. The van der Waals surface area contributed by atoms with Crippen molar-refractivity contribution in [3.05, 3.63) is 77.1 Å². The van der Waals surface area contributed by atoms with E-state index in [1.165, 1.54) is 0 Å². The van der Waals surface area contributed by atoms with Gasteiger partial charge in [0.25, 0.3) is 0 Å². The van der Waals surface area contributed by atoms with Gasteiger partial charge in [0.05, 0.1) is 23.1 Å². The first-order chi connectivity index (χ1) is 12.2. The van der Waals surface area contributed by atoms with E-state index < -0.39 is 5.92 Å². The number of nitriles is 1. The van der Waals surface area contributed by atoms with Crippen LogP contribution in [0.2, 0.25) is 0 Å². The van der Waals surface area contributed by atoms with Crippen molar-refractivity contribution >= 4 is 5.88 Å². The van der Waals surface area contributed by atoms with Gasteiger partial charge in [0.2, 0.25) is 5.88 Å². The molecule has 0 saturated carbocycles. The van der Waals surface area contributed by atoms with E-state index in [0.717, 1.165) is 11.1 Å². The van der Waals surface area contributed by atoms with Crippen molar-refractivity contribution in [1.29, 1.82) is 5.26 Å². The third-order valence-corrected chi connectivity index (χ3v) is 4.22. The Morgan fingerprint density at radius 1 is 1.16 bits per heavy atom. The maximum absolute atomic E-state index is 9.78. The summed E-state index contributed by atoms with van der Waals surface area (Å²) in [6.07, 6.45) is 0. The molecule has 1 aliphatic rings. The first kappa shape index (κ1) is 14.8. The quantitative estimate of drug-likeness (QED) is 0.665. The van der Waals surface area contributed by atoms with Crippen LogP contribution in [0.15, 0.2) is 70.5 Å². The van der Waals surface area contributed by atoms with E-state index in [1.54, 1.807) is 18.2 Å². The lowest BCUT2D eigenvalue weighted by Gasteiger charge is -2.24. The Labute approximate surface area is 143 Å². The van der Waals surface area contributed by atoms with E-state index in [-0.39, 0.29) is 11.6 Å². The number of allylic oxidation sites excluding steroid dienone is 1. The van der Waals surface area contributed by atoms with Crippen LogP contribution in [0.3, 0.4) is 0 Å². The van der Waals surface area contributed by atoms with E-state index in [9.17, 15) is 10.4 Å². The number of nitrogens with one attached hydrogen (secondary N) is 1. The Kier molecular flexibility index (Phi) is 3.40. The van der Waals surface area contributed by atoms with Gasteiger partial charge in [0.1, 0.15) is 17.3 Å². The van der Waals surface area contributed by atoms with Crippen molar-refractivity contribution in [1.82, 2.24) is 5.16 Å². The highest BCUT2D eigenvalue weighted by atomic mass is 16.5. The fourth-order valence-corrected chi connectivity index (χ4v) is 3.11. The number of aromatic hydroxyl groups is 1.